The van der Waals surface area contributed by atoms with Crippen molar-refractivity contribution in [1.82, 2.24) is 4.90 Å². The first-order valence-electron chi connectivity index (χ1n) is 4.39. The third-order valence-electron chi connectivity index (χ3n) is 2.74. The molecule has 2 rings (SSSR count). The molecule has 0 bridgehead atoms. The van der Waals surface area contributed by atoms with Gasteiger partial charge in [0.1, 0.15) is 0 Å². The van der Waals surface area contributed by atoms with E-state index in [1.54, 1.807) is 4.90 Å². The van der Waals surface area contributed by atoms with Gasteiger partial charge in [-0.1, -0.05) is 6.92 Å². The number of carbonyl (C=O) groups excluding carboxylic acids is 2. The Morgan fingerprint density at radius 3 is 2.50 bits per heavy atom. The van der Waals surface area contributed by atoms with Crippen molar-refractivity contribution in [2.45, 2.75) is 26.2 Å². The van der Waals surface area contributed by atoms with Gasteiger partial charge < -0.3 is 4.90 Å². The van der Waals surface area contributed by atoms with E-state index in [0.29, 0.717) is 12.0 Å². The molecular weight excluding hydrogens is 154 g/mol. The quantitative estimate of drug-likeness (QED) is 0.564. The Morgan fingerprint density at radius 2 is 2.08 bits per heavy atom. The van der Waals surface area contributed by atoms with Crippen LogP contribution in [0.5, 0.6) is 0 Å². The van der Waals surface area contributed by atoms with E-state index in [-0.39, 0.29) is 18.1 Å². The highest BCUT2D eigenvalue weighted by atomic mass is 16.2. The van der Waals surface area contributed by atoms with Crippen LogP contribution in [0.25, 0.3) is 0 Å². The van der Waals surface area contributed by atoms with E-state index in [0.717, 1.165) is 6.54 Å². The summed E-state index contributed by atoms with van der Waals surface area (Å²) < 4.78 is 0. The third kappa shape index (κ3) is 1.36. The number of likely N-dealkylation sites (tertiary alicyclic amines) is 1. The zero-order valence-electron chi connectivity index (χ0n) is 7.30. The lowest BCUT2D eigenvalue weighted by atomic mass is 10.1. The predicted molar refractivity (Wildman–Crippen MR) is 43.5 cm³/mol. The van der Waals surface area contributed by atoms with E-state index in [9.17, 15) is 9.59 Å². The highest BCUT2D eigenvalue weighted by molar-refractivity contribution is 6.05. The molecule has 0 aromatic rings. The van der Waals surface area contributed by atoms with Crippen LogP contribution >= 0.6 is 0 Å². The summed E-state index contributed by atoms with van der Waals surface area (Å²) in [5.41, 5.74) is 0.334. The predicted octanol–water partition coefficient (Wildman–Crippen LogP) is 0.588. The molecule has 1 aliphatic heterocycles. The van der Waals surface area contributed by atoms with Crippen LogP contribution in [0, 0.1) is 5.41 Å². The summed E-state index contributed by atoms with van der Waals surface area (Å²) in [4.78, 5) is 23.8. The van der Waals surface area contributed by atoms with Gasteiger partial charge in [0.15, 0.2) is 5.78 Å². The number of nitrogens with zero attached hydrogens (tertiary/aromatic N) is 1. The Balaban J connectivity index is 1.96. The van der Waals surface area contributed by atoms with Crippen LogP contribution in [-0.2, 0) is 9.59 Å². The molecule has 1 heterocycles. The van der Waals surface area contributed by atoms with Gasteiger partial charge in [0.2, 0.25) is 5.91 Å². The zero-order chi connectivity index (χ0) is 8.77. The summed E-state index contributed by atoms with van der Waals surface area (Å²) in [6.07, 6.45) is 2.53. The SMILES string of the molecule is CC1(CN2CC(=O)CC2=O)CC1. The first-order chi connectivity index (χ1) is 5.59. The second-order valence-corrected chi connectivity index (χ2v) is 4.28. The van der Waals surface area contributed by atoms with Gasteiger partial charge in [-0.15, -0.1) is 0 Å². The minimum absolute atomic E-state index is 0.0214. The molecule has 0 unspecified atom stereocenters. The molecule has 1 aliphatic carbocycles. The molecule has 3 heteroatoms. The lowest BCUT2D eigenvalue weighted by Crippen LogP contribution is -2.30. The molecule has 1 saturated heterocycles. The molecule has 3 nitrogen and oxygen atoms in total. The van der Waals surface area contributed by atoms with Gasteiger partial charge in [0.05, 0.1) is 13.0 Å². The van der Waals surface area contributed by atoms with Gasteiger partial charge in [-0.2, -0.15) is 0 Å². The van der Waals surface area contributed by atoms with E-state index in [2.05, 4.69) is 6.92 Å². The number of hydrogen-bond donors (Lipinski definition) is 0. The van der Waals surface area contributed by atoms with E-state index in [1.165, 1.54) is 12.8 Å². The molecule has 1 amide bonds. The van der Waals surface area contributed by atoms with Gasteiger partial charge >= 0.3 is 0 Å². The Hall–Kier alpha value is -0.860. The van der Waals surface area contributed by atoms with E-state index < -0.39 is 0 Å². The maximum absolute atomic E-state index is 11.2. The van der Waals surface area contributed by atoms with Gasteiger partial charge in [0.25, 0.3) is 0 Å². The minimum atomic E-state index is 0.0214. The highest BCUT2D eigenvalue weighted by Crippen LogP contribution is 2.45. The minimum Gasteiger partial charge on any atom is -0.334 e. The lowest BCUT2D eigenvalue weighted by molar-refractivity contribution is -0.128. The van der Waals surface area contributed by atoms with Crippen molar-refractivity contribution < 1.29 is 9.59 Å². The number of amides is 1. The van der Waals surface area contributed by atoms with E-state index in [1.807, 2.05) is 0 Å². The fourth-order valence-electron chi connectivity index (χ4n) is 1.61. The summed E-state index contributed by atoms with van der Waals surface area (Å²) in [6, 6.07) is 0. The van der Waals surface area contributed by atoms with Crippen LogP contribution in [0.4, 0.5) is 0 Å². The standard InChI is InChI=1S/C9H13NO2/c1-9(2-3-9)6-10-5-7(11)4-8(10)12/h2-6H2,1H3. The first kappa shape index (κ1) is 7.77. The second-order valence-electron chi connectivity index (χ2n) is 4.28. The zero-order valence-corrected chi connectivity index (χ0v) is 7.30. The summed E-state index contributed by atoms with van der Waals surface area (Å²) in [6.45, 7) is 3.31. The summed E-state index contributed by atoms with van der Waals surface area (Å²) >= 11 is 0. The van der Waals surface area contributed by atoms with E-state index in [4.69, 9.17) is 0 Å². The van der Waals surface area contributed by atoms with Gasteiger partial charge in [-0.05, 0) is 18.3 Å². The van der Waals surface area contributed by atoms with Gasteiger partial charge in [-0.3, -0.25) is 9.59 Å². The smallest absolute Gasteiger partial charge is 0.230 e. The Morgan fingerprint density at radius 1 is 1.42 bits per heavy atom. The fraction of sp³-hybridized carbons (Fsp3) is 0.778. The molecule has 66 valence electrons. The molecule has 0 N–H and O–H groups in total. The van der Waals surface area contributed by atoms with Crippen molar-refractivity contribution in [3.63, 3.8) is 0 Å². The number of carbonyl (C=O) groups is 2. The Bertz CT molecular complexity index is 243. The third-order valence-corrected chi connectivity index (χ3v) is 2.74. The second kappa shape index (κ2) is 2.31. The number of rotatable bonds is 2. The van der Waals surface area contributed by atoms with Crippen molar-refractivity contribution in [3.05, 3.63) is 0 Å². The number of ketones is 1. The average Bonchev–Trinajstić information content (AvgIpc) is 2.58. The first-order valence-corrected chi connectivity index (χ1v) is 4.39. The molecule has 1 saturated carbocycles. The summed E-state index contributed by atoms with van der Waals surface area (Å²) in [7, 11) is 0. The number of hydrogen-bond acceptors (Lipinski definition) is 2. The van der Waals surface area contributed by atoms with Crippen LogP contribution in [0.2, 0.25) is 0 Å². The van der Waals surface area contributed by atoms with Crippen LogP contribution in [0.1, 0.15) is 26.2 Å². The normalized spacial score (nSPS) is 26.6. The summed E-state index contributed by atoms with van der Waals surface area (Å²) in [5.74, 6) is 0.0948. The molecule has 12 heavy (non-hydrogen) atoms. The maximum atomic E-state index is 11.2. The monoisotopic (exact) mass is 167 g/mol. The molecule has 0 spiro atoms. The van der Waals surface area contributed by atoms with Crippen LogP contribution in [0.3, 0.4) is 0 Å². The molecule has 0 aromatic heterocycles. The van der Waals surface area contributed by atoms with Gasteiger partial charge in [0, 0.05) is 6.54 Å². The number of Topliss-reactive ketones (excluding diaryl/α,β-unsaturated/α-hetero) is 1. The van der Waals surface area contributed by atoms with Crippen molar-refractivity contribution in [3.8, 4) is 0 Å². The van der Waals surface area contributed by atoms with Crippen LogP contribution in [0.15, 0.2) is 0 Å². The molecule has 0 radical (unpaired) electrons. The van der Waals surface area contributed by atoms with Crippen LogP contribution in [-0.4, -0.2) is 29.7 Å². The van der Waals surface area contributed by atoms with E-state index >= 15 is 0 Å². The van der Waals surface area contributed by atoms with Crippen molar-refractivity contribution in [2.75, 3.05) is 13.1 Å². The highest BCUT2D eigenvalue weighted by Gasteiger charge is 2.41. The molecular formula is C9H13NO2. The largest absolute Gasteiger partial charge is 0.334 e. The average molecular weight is 167 g/mol. The molecule has 0 atom stereocenters. The molecule has 2 aliphatic rings. The van der Waals surface area contributed by atoms with Gasteiger partial charge in [-0.25, -0.2) is 0 Å². The maximum Gasteiger partial charge on any atom is 0.230 e. The lowest BCUT2D eigenvalue weighted by Gasteiger charge is -2.18. The Kier molecular flexibility index (Phi) is 1.50. The van der Waals surface area contributed by atoms with Crippen molar-refractivity contribution in [2.24, 2.45) is 5.41 Å². The molecule has 2 fully saturated rings. The van der Waals surface area contributed by atoms with Crippen LogP contribution < -0.4 is 0 Å². The van der Waals surface area contributed by atoms with Crippen molar-refractivity contribution in [1.29, 1.82) is 0 Å². The summed E-state index contributed by atoms with van der Waals surface area (Å²) in [5, 5.41) is 0. The topological polar surface area (TPSA) is 37.4 Å². The Labute approximate surface area is 71.7 Å². The fourth-order valence-corrected chi connectivity index (χ4v) is 1.61. The van der Waals surface area contributed by atoms with Crippen molar-refractivity contribution >= 4 is 11.7 Å². The molecule has 0 aromatic carbocycles.